The van der Waals surface area contributed by atoms with Crippen LogP contribution in [0.2, 0.25) is 0 Å². The van der Waals surface area contributed by atoms with E-state index in [-0.39, 0.29) is 5.91 Å². The van der Waals surface area contributed by atoms with Gasteiger partial charge in [0, 0.05) is 17.0 Å². The Bertz CT molecular complexity index is 486. The Morgan fingerprint density at radius 2 is 1.36 bits per heavy atom. The molecule has 3 rings (SSSR count). The largest absolute Gasteiger partial charge is 0.333 e. The lowest BCUT2D eigenvalue weighted by Crippen LogP contribution is -2.48. The fourth-order valence-electron chi connectivity index (χ4n) is 4.14. The summed E-state index contributed by atoms with van der Waals surface area (Å²) in [7, 11) is 0. The molecule has 1 aromatic rings. The molecule has 0 N–H and O–H groups in total. The van der Waals surface area contributed by atoms with Crippen molar-refractivity contribution in [3.05, 3.63) is 29.8 Å². The molecule has 2 fully saturated rings. The molecule has 2 nitrogen and oxygen atoms in total. The molecule has 0 bridgehead atoms. The molecule has 120 valence electrons. The summed E-state index contributed by atoms with van der Waals surface area (Å²) < 4.78 is 0. The third-order valence-electron chi connectivity index (χ3n) is 5.31. The van der Waals surface area contributed by atoms with E-state index in [1.54, 1.807) is 0 Å². The van der Waals surface area contributed by atoms with Gasteiger partial charge in [-0.15, -0.1) is 12.6 Å². The maximum absolute atomic E-state index is 13.2. The number of rotatable bonds is 3. The maximum Gasteiger partial charge on any atom is 0.255 e. The molecule has 0 heterocycles. The molecule has 0 aromatic heterocycles. The van der Waals surface area contributed by atoms with Gasteiger partial charge in [0.2, 0.25) is 0 Å². The number of benzene rings is 1. The van der Waals surface area contributed by atoms with Crippen molar-refractivity contribution >= 4 is 18.5 Å². The standard InChI is InChI=1S/C19H27NOS/c21-19(17-13-7-8-14-18(17)22)20(15-9-3-1-4-10-15)16-11-5-2-6-12-16/h7-8,13-16,22H,1-6,9-12H2. The Morgan fingerprint density at radius 3 is 1.86 bits per heavy atom. The maximum atomic E-state index is 13.2. The highest BCUT2D eigenvalue weighted by Gasteiger charge is 2.33. The van der Waals surface area contributed by atoms with Crippen LogP contribution in [0.4, 0.5) is 0 Å². The molecule has 0 atom stereocenters. The third-order valence-corrected chi connectivity index (χ3v) is 5.70. The number of amides is 1. The third kappa shape index (κ3) is 3.51. The average Bonchev–Trinajstić information content (AvgIpc) is 2.57. The molecule has 2 aliphatic carbocycles. The summed E-state index contributed by atoms with van der Waals surface area (Å²) in [5, 5.41) is 0. The Labute approximate surface area is 139 Å². The van der Waals surface area contributed by atoms with Gasteiger partial charge < -0.3 is 4.90 Å². The van der Waals surface area contributed by atoms with Gasteiger partial charge in [-0.1, -0.05) is 50.7 Å². The summed E-state index contributed by atoms with van der Waals surface area (Å²) in [5.74, 6) is 0.212. The molecule has 0 spiro atoms. The fourth-order valence-corrected chi connectivity index (χ4v) is 4.40. The molecule has 22 heavy (non-hydrogen) atoms. The van der Waals surface area contributed by atoms with Crippen LogP contribution in [0, 0.1) is 0 Å². The summed E-state index contributed by atoms with van der Waals surface area (Å²) in [6, 6.07) is 8.64. The predicted molar refractivity (Wildman–Crippen MR) is 93.6 cm³/mol. The number of carbonyl (C=O) groups excluding carboxylic acids is 1. The van der Waals surface area contributed by atoms with Crippen LogP contribution in [0.25, 0.3) is 0 Å². The van der Waals surface area contributed by atoms with Crippen molar-refractivity contribution < 1.29 is 4.79 Å². The second-order valence-electron chi connectivity index (χ2n) is 6.81. The Balaban J connectivity index is 1.86. The number of hydrogen-bond donors (Lipinski definition) is 1. The van der Waals surface area contributed by atoms with Crippen molar-refractivity contribution in [3.8, 4) is 0 Å². The van der Waals surface area contributed by atoms with Gasteiger partial charge >= 0.3 is 0 Å². The smallest absolute Gasteiger partial charge is 0.255 e. The van der Waals surface area contributed by atoms with E-state index >= 15 is 0 Å². The second kappa shape index (κ2) is 7.54. The number of hydrogen-bond acceptors (Lipinski definition) is 2. The van der Waals surface area contributed by atoms with Gasteiger partial charge in [-0.05, 0) is 37.8 Å². The number of carbonyl (C=O) groups is 1. The van der Waals surface area contributed by atoms with E-state index < -0.39 is 0 Å². The summed E-state index contributed by atoms with van der Waals surface area (Å²) in [4.78, 5) is 16.3. The summed E-state index contributed by atoms with van der Waals surface area (Å²) >= 11 is 4.51. The first-order valence-electron chi connectivity index (χ1n) is 8.88. The van der Waals surface area contributed by atoms with Crippen LogP contribution in [0.5, 0.6) is 0 Å². The fraction of sp³-hybridized carbons (Fsp3) is 0.632. The van der Waals surface area contributed by atoms with Crippen LogP contribution in [-0.4, -0.2) is 22.9 Å². The molecule has 1 amide bonds. The molecule has 0 radical (unpaired) electrons. The van der Waals surface area contributed by atoms with E-state index in [9.17, 15) is 4.79 Å². The van der Waals surface area contributed by atoms with Crippen LogP contribution in [-0.2, 0) is 0 Å². The Kier molecular flexibility index (Phi) is 5.46. The van der Waals surface area contributed by atoms with Gasteiger partial charge in [0.1, 0.15) is 0 Å². The van der Waals surface area contributed by atoms with Crippen LogP contribution >= 0.6 is 12.6 Å². The molecule has 3 heteroatoms. The van der Waals surface area contributed by atoms with E-state index in [1.807, 2.05) is 24.3 Å². The van der Waals surface area contributed by atoms with Crippen LogP contribution < -0.4 is 0 Å². The quantitative estimate of drug-likeness (QED) is 0.771. The summed E-state index contributed by atoms with van der Waals surface area (Å²) in [6.45, 7) is 0. The van der Waals surface area contributed by atoms with Gasteiger partial charge in [0.15, 0.2) is 0 Å². The minimum absolute atomic E-state index is 0.212. The Hall–Kier alpha value is -0.960. The SMILES string of the molecule is O=C(c1ccccc1S)N(C1CCCCC1)C1CCCCC1. The summed E-state index contributed by atoms with van der Waals surface area (Å²) in [6.07, 6.45) is 12.4. The van der Waals surface area contributed by atoms with E-state index in [0.29, 0.717) is 12.1 Å². The van der Waals surface area contributed by atoms with Crippen molar-refractivity contribution in [1.29, 1.82) is 0 Å². The first-order valence-corrected chi connectivity index (χ1v) is 9.33. The van der Waals surface area contributed by atoms with Crippen molar-refractivity contribution in [2.24, 2.45) is 0 Å². The monoisotopic (exact) mass is 317 g/mol. The van der Waals surface area contributed by atoms with Gasteiger partial charge in [0.05, 0.1) is 5.56 Å². The molecular weight excluding hydrogens is 290 g/mol. The highest BCUT2D eigenvalue weighted by atomic mass is 32.1. The number of nitrogens with zero attached hydrogens (tertiary/aromatic N) is 1. The number of thiol groups is 1. The molecule has 0 aliphatic heterocycles. The van der Waals surface area contributed by atoms with Crippen LogP contribution in [0.3, 0.4) is 0 Å². The predicted octanol–water partition coefficient (Wildman–Crippen LogP) is 5.08. The van der Waals surface area contributed by atoms with Crippen molar-refractivity contribution in [2.45, 2.75) is 81.2 Å². The first-order chi connectivity index (χ1) is 10.8. The van der Waals surface area contributed by atoms with Crippen molar-refractivity contribution in [2.75, 3.05) is 0 Å². The molecule has 0 saturated heterocycles. The van der Waals surface area contributed by atoms with E-state index in [4.69, 9.17) is 0 Å². The summed E-state index contributed by atoms with van der Waals surface area (Å²) in [5.41, 5.74) is 0.780. The van der Waals surface area contributed by atoms with Gasteiger partial charge in [-0.3, -0.25) is 4.79 Å². The molecule has 1 aromatic carbocycles. The minimum atomic E-state index is 0.212. The zero-order valence-electron chi connectivity index (χ0n) is 13.3. The van der Waals surface area contributed by atoms with E-state index in [1.165, 1.54) is 64.2 Å². The lowest BCUT2D eigenvalue weighted by atomic mass is 9.88. The van der Waals surface area contributed by atoms with Gasteiger partial charge in [-0.2, -0.15) is 0 Å². The molecule has 2 saturated carbocycles. The molecule has 2 aliphatic rings. The first kappa shape index (κ1) is 15.9. The van der Waals surface area contributed by atoms with Crippen molar-refractivity contribution in [3.63, 3.8) is 0 Å². The normalized spacial score (nSPS) is 20.8. The second-order valence-corrected chi connectivity index (χ2v) is 7.30. The van der Waals surface area contributed by atoms with Crippen LogP contribution in [0.15, 0.2) is 29.2 Å². The average molecular weight is 317 g/mol. The van der Waals surface area contributed by atoms with Gasteiger partial charge in [0.25, 0.3) is 5.91 Å². The zero-order valence-corrected chi connectivity index (χ0v) is 14.2. The van der Waals surface area contributed by atoms with E-state index in [2.05, 4.69) is 17.5 Å². The molecule has 0 unspecified atom stereocenters. The van der Waals surface area contributed by atoms with Gasteiger partial charge in [-0.25, -0.2) is 0 Å². The van der Waals surface area contributed by atoms with Crippen LogP contribution in [0.1, 0.15) is 74.6 Å². The zero-order chi connectivity index (χ0) is 15.4. The lowest BCUT2D eigenvalue weighted by Gasteiger charge is -2.42. The molecular formula is C19H27NOS. The van der Waals surface area contributed by atoms with Crippen molar-refractivity contribution in [1.82, 2.24) is 4.90 Å². The minimum Gasteiger partial charge on any atom is -0.333 e. The topological polar surface area (TPSA) is 20.3 Å². The lowest BCUT2D eigenvalue weighted by molar-refractivity contribution is 0.0445. The van der Waals surface area contributed by atoms with E-state index in [0.717, 1.165) is 10.5 Å². The Morgan fingerprint density at radius 1 is 0.864 bits per heavy atom. The highest BCUT2D eigenvalue weighted by molar-refractivity contribution is 7.80. The highest BCUT2D eigenvalue weighted by Crippen LogP contribution is 2.32.